The van der Waals surface area contributed by atoms with E-state index in [0.29, 0.717) is 35.8 Å². The minimum atomic E-state index is -1.71. The van der Waals surface area contributed by atoms with E-state index in [-0.39, 0.29) is 12.1 Å². The molecule has 1 fully saturated rings. The molecular formula is C37H45ClN4O7. The Bertz CT molecular complexity index is 1650. The molecule has 0 bridgehead atoms. The molecule has 2 aromatic carbocycles. The molecule has 1 saturated heterocycles. The molecule has 3 aromatic rings. The average Bonchev–Trinajstić information content (AvgIpc) is 3.48. The van der Waals surface area contributed by atoms with Crippen LogP contribution in [-0.4, -0.2) is 68.8 Å². The number of alkyl carbamates (subject to hydrolysis) is 1. The number of aliphatic hydroxyl groups excluding tert-OH is 1. The standard InChI is InChI=1S/C37H45ClN4O7/c1-36(2,3)48-34(46)24-12-9-11-23(19-24)30(28-13-7-8-17-39-28)31(43)33(45)41-32(44)29-14-10-18-42(29)22-26-20-27(38)16-15-25(26)21-40-35(47)49-37(4,5)6/h7-9,11-13,15-17,19-20,29-31,43H,10,14,18,21-22H2,1-6H3,(H,40,47)(H,41,44,45)/t29-,30+,31+/m0/s1. The minimum absolute atomic E-state index is 0.195. The summed E-state index contributed by atoms with van der Waals surface area (Å²) in [6.45, 7) is 11.8. The van der Waals surface area contributed by atoms with Gasteiger partial charge in [-0.25, -0.2) is 9.59 Å². The van der Waals surface area contributed by atoms with Gasteiger partial charge in [0, 0.05) is 24.3 Å². The first kappa shape index (κ1) is 37.5. The molecule has 0 radical (unpaired) electrons. The largest absolute Gasteiger partial charge is 0.456 e. The summed E-state index contributed by atoms with van der Waals surface area (Å²) in [4.78, 5) is 58.5. The summed E-state index contributed by atoms with van der Waals surface area (Å²) < 4.78 is 10.9. The summed E-state index contributed by atoms with van der Waals surface area (Å²) in [6, 6.07) is 16.3. The van der Waals surface area contributed by atoms with Crippen LogP contribution in [0.3, 0.4) is 0 Å². The Morgan fingerprint density at radius 2 is 1.69 bits per heavy atom. The fourth-order valence-electron chi connectivity index (χ4n) is 5.63. The number of amides is 3. The van der Waals surface area contributed by atoms with Crippen molar-refractivity contribution in [2.75, 3.05) is 6.54 Å². The molecular weight excluding hydrogens is 648 g/mol. The summed E-state index contributed by atoms with van der Waals surface area (Å²) in [6.07, 6.45) is 0.502. The van der Waals surface area contributed by atoms with E-state index in [1.807, 2.05) is 11.0 Å². The van der Waals surface area contributed by atoms with Crippen molar-refractivity contribution in [2.45, 2.75) is 96.7 Å². The van der Waals surface area contributed by atoms with Gasteiger partial charge >= 0.3 is 12.1 Å². The molecule has 3 N–H and O–H groups in total. The van der Waals surface area contributed by atoms with Crippen molar-refractivity contribution in [1.82, 2.24) is 20.5 Å². The van der Waals surface area contributed by atoms with Gasteiger partial charge in [-0.2, -0.15) is 0 Å². The van der Waals surface area contributed by atoms with Crippen LogP contribution in [0.5, 0.6) is 0 Å². The van der Waals surface area contributed by atoms with Gasteiger partial charge < -0.3 is 19.9 Å². The molecule has 1 aromatic heterocycles. The molecule has 2 heterocycles. The predicted octanol–water partition coefficient (Wildman–Crippen LogP) is 5.52. The van der Waals surface area contributed by atoms with Gasteiger partial charge in [0.05, 0.1) is 23.2 Å². The van der Waals surface area contributed by atoms with Crippen LogP contribution < -0.4 is 10.6 Å². The Labute approximate surface area is 292 Å². The van der Waals surface area contributed by atoms with E-state index in [4.69, 9.17) is 21.1 Å². The number of hydrogen-bond donors (Lipinski definition) is 3. The van der Waals surface area contributed by atoms with Crippen LogP contribution in [0.2, 0.25) is 5.02 Å². The normalized spacial score (nSPS) is 16.4. The zero-order chi connectivity index (χ0) is 35.9. The van der Waals surface area contributed by atoms with Crippen LogP contribution in [0.4, 0.5) is 4.79 Å². The van der Waals surface area contributed by atoms with Gasteiger partial charge in [0.15, 0.2) is 0 Å². The molecule has 3 amide bonds. The van der Waals surface area contributed by atoms with Gasteiger partial charge in [0.2, 0.25) is 5.91 Å². The molecule has 0 aliphatic carbocycles. The molecule has 3 atom stereocenters. The quantitative estimate of drug-likeness (QED) is 0.234. The lowest BCUT2D eigenvalue weighted by Crippen LogP contribution is -2.49. The summed E-state index contributed by atoms with van der Waals surface area (Å²) >= 11 is 6.33. The fourth-order valence-corrected chi connectivity index (χ4v) is 5.82. The number of pyridine rings is 1. The summed E-state index contributed by atoms with van der Waals surface area (Å²) in [7, 11) is 0. The van der Waals surface area contributed by atoms with Gasteiger partial charge in [-0.15, -0.1) is 0 Å². The predicted molar refractivity (Wildman–Crippen MR) is 185 cm³/mol. The molecule has 0 saturated carbocycles. The molecule has 1 aliphatic rings. The van der Waals surface area contributed by atoms with Crippen LogP contribution in [0.1, 0.15) is 93.0 Å². The highest BCUT2D eigenvalue weighted by Gasteiger charge is 2.36. The number of aliphatic hydroxyl groups is 1. The lowest BCUT2D eigenvalue weighted by Gasteiger charge is -2.27. The third-order valence-electron chi connectivity index (χ3n) is 7.75. The highest BCUT2D eigenvalue weighted by atomic mass is 35.5. The number of ether oxygens (including phenoxy) is 2. The maximum Gasteiger partial charge on any atom is 0.407 e. The van der Waals surface area contributed by atoms with Crippen LogP contribution in [0.25, 0.3) is 0 Å². The van der Waals surface area contributed by atoms with Crippen LogP contribution in [-0.2, 0) is 32.2 Å². The number of imide groups is 1. The number of likely N-dealkylation sites (tertiary alicyclic amines) is 1. The van der Waals surface area contributed by atoms with E-state index in [1.165, 1.54) is 0 Å². The van der Waals surface area contributed by atoms with Crippen molar-refractivity contribution in [3.63, 3.8) is 0 Å². The first-order valence-electron chi connectivity index (χ1n) is 16.3. The van der Waals surface area contributed by atoms with E-state index >= 15 is 0 Å². The van der Waals surface area contributed by atoms with Gasteiger partial charge in [-0.05, 0) is 114 Å². The van der Waals surface area contributed by atoms with E-state index < -0.39 is 53.1 Å². The van der Waals surface area contributed by atoms with Crippen molar-refractivity contribution >= 4 is 35.5 Å². The summed E-state index contributed by atoms with van der Waals surface area (Å²) in [5.74, 6) is -2.96. The van der Waals surface area contributed by atoms with Gasteiger partial charge in [0.1, 0.15) is 17.3 Å². The second-order valence-electron chi connectivity index (χ2n) is 14.1. The Hall–Kier alpha value is -4.32. The Balaban J connectivity index is 1.49. The van der Waals surface area contributed by atoms with Crippen molar-refractivity contribution in [1.29, 1.82) is 0 Å². The second-order valence-corrected chi connectivity index (χ2v) is 14.5. The molecule has 0 spiro atoms. The molecule has 49 heavy (non-hydrogen) atoms. The minimum Gasteiger partial charge on any atom is -0.456 e. The SMILES string of the molecule is CC(C)(C)OC(=O)NCc1ccc(Cl)cc1CN1CCC[C@H]1C(=O)NC(=O)[C@H](O)[C@H](c1cccc(C(=O)OC(C)(C)C)c1)c1ccccn1. The highest BCUT2D eigenvalue weighted by molar-refractivity contribution is 6.30. The Morgan fingerprint density at radius 1 is 0.959 bits per heavy atom. The van der Waals surface area contributed by atoms with Crippen molar-refractivity contribution in [2.24, 2.45) is 0 Å². The van der Waals surface area contributed by atoms with E-state index in [0.717, 1.165) is 17.5 Å². The average molecular weight is 693 g/mol. The highest BCUT2D eigenvalue weighted by Crippen LogP contribution is 2.29. The van der Waals surface area contributed by atoms with E-state index in [1.54, 1.807) is 102 Å². The fraction of sp³-hybridized carbons (Fsp3) is 0.432. The number of benzene rings is 2. The monoisotopic (exact) mass is 692 g/mol. The number of aromatic nitrogens is 1. The Kier molecular flexibility index (Phi) is 12.2. The zero-order valence-electron chi connectivity index (χ0n) is 28.8. The van der Waals surface area contributed by atoms with Gasteiger partial charge in [-0.3, -0.25) is 24.8 Å². The van der Waals surface area contributed by atoms with Crippen molar-refractivity contribution in [3.05, 3.63) is 99.8 Å². The number of rotatable bonds is 10. The maximum absolute atomic E-state index is 13.6. The number of halogens is 1. The van der Waals surface area contributed by atoms with E-state index in [9.17, 15) is 24.3 Å². The van der Waals surface area contributed by atoms with Crippen LogP contribution >= 0.6 is 11.6 Å². The van der Waals surface area contributed by atoms with Gasteiger partial charge in [-0.1, -0.05) is 35.9 Å². The third-order valence-corrected chi connectivity index (χ3v) is 7.98. The molecule has 12 heteroatoms. The molecule has 262 valence electrons. The molecule has 4 rings (SSSR count). The lowest BCUT2D eigenvalue weighted by molar-refractivity contribution is -0.138. The second kappa shape index (κ2) is 15.9. The lowest BCUT2D eigenvalue weighted by atomic mass is 9.88. The number of carbonyl (C=O) groups is 4. The van der Waals surface area contributed by atoms with Crippen LogP contribution in [0.15, 0.2) is 66.9 Å². The number of nitrogens with zero attached hydrogens (tertiary/aromatic N) is 2. The van der Waals surface area contributed by atoms with E-state index in [2.05, 4.69) is 15.6 Å². The number of nitrogens with one attached hydrogen (secondary N) is 2. The molecule has 11 nitrogen and oxygen atoms in total. The summed E-state index contributed by atoms with van der Waals surface area (Å²) in [5.41, 5.74) is 1.35. The number of hydrogen-bond acceptors (Lipinski definition) is 9. The topological polar surface area (TPSA) is 147 Å². The zero-order valence-corrected chi connectivity index (χ0v) is 29.5. The van der Waals surface area contributed by atoms with Crippen molar-refractivity contribution in [3.8, 4) is 0 Å². The Morgan fingerprint density at radius 3 is 2.37 bits per heavy atom. The number of esters is 1. The first-order valence-corrected chi connectivity index (χ1v) is 16.6. The molecule has 0 unspecified atom stereocenters. The van der Waals surface area contributed by atoms with Crippen LogP contribution in [0, 0.1) is 0 Å². The van der Waals surface area contributed by atoms with Crippen molar-refractivity contribution < 1.29 is 33.8 Å². The smallest absolute Gasteiger partial charge is 0.407 e. The first-order chi connectivity index (χ1) is 23.0. The maximum atomic E-state index is 13.6. The third kappa shape index (κ3) is 10.8. The summed E-state index contributed by atoms with van der Waals surface area (Å²) in [5, 5.41) is 17.1. The molecule has 1 aliphatic heterocycles. The van der Waals surface area contributed by atoms with Gasteiger partial charge in [0.25, 0.3) is 5.91 Å². The number of carbonyl (C=O) groups excluding carboxylic acids is 4.